The third-order valence-electron chi connectivity index (χ3n) is 6.29. The van der Waals surface area contributed by atoms with Gasteiger partial charge >= 0.3 is 32.4 Å². The van der Waals surface area contributed by atoms with E-state index in [2.05, 4.69) is 19.2 Å². The number of epoxide rings is 1. The molecule has 0 aliphatic carbocycles. The molecular formula is C28H62O13SSi3. The van der Waals surface area contributed by atoms with Crippen molar-refractivity contribution in [2.75, 3.05) is 94.7 Å². The fourth-order valence-electron chi connectivity index (χ4n) is 3.76. The Morgan fingerprint density at radius 1 is 0.733 bits per heavy atom. The smallest absolute Gasteiger partial charge is 0.462 e. The predicted octanol–water partition coefficient (Wildman–Crippen LogP) is 4.40. The molecule has 1 atom stereocenters. The van der Waals surface area contributed by atoms with E-state index >= 15 is 0 Å². The van der Waals surface area contributed by atoms with Gasteiger partial charge in [0.1, 0.15) is 6.10 Å². The van der Waals surface area contributed by atoms with Gasteiger partial charge in [-0.05, 0) is 52.7 Å². The summed E-state index contributed by atoms with van der Waals surface area (Å²) >= 11 is 4.10. The van der Waals surface area contributed by atoms with Crippen molar-refractivity contribution in [3.63, 3.8) is 0 Å². The SMILES string of the molecule is C=C(C)C(=O)OCCC[Si](OC)(OC)OC.CCO[Si](CCCOCC1CO1)(OCC)OCC.CO[Si](CCCS)(OC)OC. The minimum absolute atomic E-state index is 0.316. The lowest BCUT2D eigenvalue weighted by molar-refractivity contribution is -0.139. The van der Waals surface area contributed by atoms with Crippen molar-refractivity contribution in [2.24, 2.45) is 0 Å². The summed E-state index contributed by atoms with van der Waals surface area (Å²) in [6.45, 7) is 15.5. The summed E-state index contributed by atoms with van der Waals surface area (Å²) in [6.07, 6.45) is 2.84. The van der Waals surface area contributed by atoms with E-state index < -0.39 is 26.4 Å². The summed E-state index contributed by atoms with van der Waals surface area (Å²) in [6, 6.07) is 2.26. The van der Waals surface area contributed by atoms with E-state index in [0.717, 1.165) is 37.3 Å². The molecule has 0 aromatic carbocycles. The second-order valence-corrected chi connectivity index (χ2v) is 18.9. The number of carbonyl (C=O) groups excluding carboxylic acids is 1. The number of ether oxygens (including phenoxy) is 3. The quantitative estimate of drug-likeness (QED) is 0.0339. The van der Waals surface area contributed by atoms with Gasteiger partial charge in [-0.25, -0.2) is 4.79 Å². The first-order chi connectivity index (χ1) is 21.5. The van der Waals surface area contributed by atoms with Crippen molar-refractivity contribution in [3.05, 3.63) is 12.2 Å². The Bertz CT molecular complexity index is 694. The van der Waals surface area contributed by atoms with Gasteiger partial charge in [-0.15, -0.1) is 0 Å². The van der Waals surface area contributed by atoms with Crippen LogP contribution in [0.3, 0.4) is 0 Å². The van der Waals surface area contributed by atoms with Crippen LogP contribution in [0.2, 0.25) is 18.1 Å². The zero-order chi connectivity index (χ0) is 34.6. The zero-order valence-electron chi connectivity index (χ0n) is 29.4. The van der Waals surface area contributed by atoms with E-state index in [9.17, 15) is 4.79 Å². The first-order valence-electron chi connectivity index (χ1n) is 15.4. The Hall–Kier alpha value is -0.229. The molecule has 270 valence electrons. The summed E-state index contributed by atoms with van der Waals surface area (Å²) in [7, 11) is 2.25. The molecule has 1 fully saturated rings. The van der Waals surface area contributed by atoms with Gasteiger partial charge < -0.3 is 54.0 Å². The monoisotopic (exact) mass is 722 g/mol. The molecule has 17 heteroatoms. The van der Waals surface area contributed by atoms with Crippen molar-refractivity contribution >= 4 is 45.0 Å². The standard InChI is InChI=1S/C12H26O5Si.C10H20O5Si.C6H16O3SSi/c1-4-15-18(16-5-2,17-6-3)9-7-8-13-10-12-11-14-12;1-9(2)10(11)15-7-6-8-16(12-3,13-4)14-5;1-7-11(8-2,9-3)6-4-5-10/h12H,4-11H2,1-3H3;1,6-8H2,2-5H3;10H,4-6H2,1-3H3. The van der Waals surface area contributed by atoms with E-state index in [0.29, 0.717) is 63.8 Å². The number of thiol groups is 1. The van der Waals surface area contributed by atoms with Crippen molar-refractivity contribution < 1.29 is 58.8 Å². The van der Waals surface area contributed by atoms with Crippen LogP contribution < -0.4 is 0 Å². The molecule has 1 aliphatic heterocycles. The third kappa shape index (κ3) is 22.1. The maximum atomic E-state index is 11.1. The molecule has 0 saturated carbocycles. The average molecular weight is 723 g/mol. The van der Waals surface area contributed by atoms with Crippen LogP contribution in [-0.2, 0) is 58.8 Å². The van der Waals surface area contributed by atoms with Crippen LogP contribution >= 0.6 is 12.6 Å². The molecule has 0 N–H and O–H groups in total. The minimum atomic E-state index is -2.53. The number of rotatable bonds is 26. The molecule has 45 heavy (non-hydrogen) atoms. The van der Waals surface area contributed by atoms with Crippen LogP contribution in [0.4, 0.5) is 0 Å². The lowest BCUT2D eigenvalue weighted by Gasteiger charge is -2.28. The largest absolute Gasteiger partial charge is 0.501 e. The molecule has 13 nitrogen and oxygen atoms in total. The Kier molecular flexibility index (Phi) is 30.0. The molecule has 0 aromatic heterocycles. The fraction of sp³-hybridized carbons (Fsp3) is 0.893. The lowest BCUT2D eigenvalue weighted by atomic mass is 10.4. The molecule has 1 unspecified atom stereocenters. The van der Waals surface area contributed by atoms with Crippen LogP contribution in [0.1, 0.15) is 47.0 Å². The normalized spacial score (nSPS) is 14.6. The highest BCUT2D eigenvalue weighted by Crippen LogP contribution is 2.19. The summed E-state index contributed by atoms with van der Waals surface area (Å²) in [5.41, 5.74) is 0.397. The molecule has 0 amide bonds. The first-order valence-corrected chi connectivity index (χ1v) is 21.8. The van der Waals surface area contributed by atoms with Crippen molar-refractivity contribution in [1.29, 1.82) is 0 Å². The van der Waals surface area contributed by atoms with Gasteiger partial charge in [0.05, 0.1) is 19.8 Å². The molecule has 0 spiro atoms. The van der Waals surface area contributed by atoms with Gasteiger partial charge in [0, 0.05) is 92.8 Å². The van der Waals surface area contributed by atoms with Crippen molar-refractivity contribution in [1.82, 2.24) is 0 Å². The van der Waals surface area contributed by atoms with Crippen molar-refractivity contribution in [3.8, 4) is 0 Å². The highest BCUT2D eigenvalue weighted by atomic mass is 32.1. The fourth-order valence-corrected chi connectivity index (χ4v) is 10.2. The molecule has 0 radical (unpaired) electrons. The molecule has 1 saturated heterocycles. The first kappa shape index (κ1) is 46.9. The number of carbonyl (C=O) groups is 1. The zero-order valence-corrected chi connectivity index (χ0v) is 33.3. The van der Waals surface area contributed by atoms with E-state index in [1.165, 1.54) is 0 Å². The van der Waals surface area contributed by atoms with Crippen LogP contribution in [-0.4, -0.2) is 133 Å². The van der Waals surface area contributed by atoms with Gasteiger partial charge in [-0.1, -0.05) is 6.58 Å². The van der Waals surface area contributed by atoms with Crippen LogP contribution in [0.25, 0.3) is 0 Å². The highest BCUT2D eigenvalue weighted by Gasteiger charge is 2.40. The second-order valence-electron chi connectivity index (χ2n) is 9.55. The summed E-state index contributed by atoms with van der Waals surface area (Å²) in [4.78, 5) is 11.1. The topological polar surface area (TPSA) is 131 Å². The summed E-state index contributed by atoms with van der Waals surface area (Å²) < 4.78 is 64.1. The Morgan fingerprint density at radius 2 is 1.13 bits per heavy atom. The summed E-state index contributed by atoms with van der Waals surface area (Å²) in [5.74, 6) is 0.463. The van der Waals surface area contributed by atoms with Gasteiger partial charge in [0.25, 0.3) is 0 Å². The Labute approximate surface area is 281 Å². The maximum absolute atomic E-state index is 11.1. The molecular weight excluding hydrogens is 661 g/mol. The maximum Gasteiger partial charge on any atom is 0.501 e. The Balaban J connectivity index is 0. The van der Waals surface area contributed by atoms with Crippen LogP contribution in [0.15, 0.2) is 12.2 Å². The van der Waals surface area contributed by atoms with E-state index in [1.54, 1.807) is 49.6 Å². The minimum Gasteiger partial charge on any atom is -0.462 e. The number of hydrogen-bond donors (Lipinski definition) is 1. The van der Waals surface area contributed by atoms with E-state index in [-0.39, 0.29) is 5.97 Å². The number of esters is 1. The van der Waals surface area contributed by atoms with Gasteiger partial charge in [0.2, 0.25) is 0 Å². The summed E-state index contributed by atoms with van der Waals surface area (Å²) in [5, 5.41) is 0. The van der Waals surface area contributed by atoms with Crippen molar-refractivity contribution in [2.45, 2.75) is 71.2 Å². The molecule has 1 heterocycles. The number of hydrogen-bond acceptors (Lipinski definition) is 14. The third-order valence-corrected chi connectivity index (χ3v) is 15.4. The molecule has 1 rings (SSSR count). The Morgan fingerprint density at radius 3 is 1.49 bits per heavy atom. The van der Waals surface area contributed by atoms with Crippen LogP contribution in [0.5, 0.6) is 0 Å². The average Bonchev–Trinajstić information content (AvgIpc) is 3.88. The van der Waals surface area contributed by atoms with E-state index in [4.69, 9.17) is 54.0 Å². The molecule has 1 aliphatic rings. The second kappa shape index (κ2) is 28.8. The van der Waals surface area contributed by atoms with Gasteiger partial charge in [0.15, 0.2) is 0 Å². The molecule has 0 bridgehead atoms. The van der Waals surface area contributed by atoms with Crippen LogP contribution in [0, 0.1) is 0 Å². The van der Waals surface area contributed by atoms with Gasteiger partial charge in [-0.2, -0.15) is 12.6 Å². The highest BCUT2D eigenvalue weighted by molar-refractivity contribution is 7.80. The molecule has 0 aromatic rings. The lowest BCUT2D eigenvalue weighted by Crippen LogP contribution is -2.46. The van der Waals surface area contributed by atoms with Gasteiger partial charge in [-0.3, -0.25) is 0 Å². The predicted molar refractivity (Wildman–Crippen MR) is 183 cm³/mol. The van der Waals surface area contributed by atoms with E-state index in [1.807, 2.05) is 20.8 Å².